The number of aromatic hydroxyl groups is 1. The van der Waals surface area contributed by atoms with Gasteiger partial charge in [0.15, 0.2) is 0 Å². The Bertz CT molecular complexity index is 1200. The van der Waals surface area contributed by atoms with Gasteiger partial charge in [-0.05, 0) is 82.7 Å². The molecular weight excluding hydrogens is 480 g/mol. The first kappa shape index (κ1) is 30.3. The van der Waals surface area contributed by atoms with Gasteiger partial charge in [0.2, 0.25) is 5.91 Å². The lowest BCUT2D eigenvalue weighted by molar-refractivity contribution is -0.119. The van der Waals surface area contributed by atoms with Crippen LogP contribution in [0.15, 0.2) is 66.7 Å². The van der Waals surface area contributed by atoms with Crippen LogP contribution < -0.4 is 10.2 Å². The molecule has 0 aliphatic carbocycles. The van der Waals surface area contributed by atoms with Crippen LogP contribution in [-0.2, 0) is 22.0 Å². The van der Waals surface area contributed by atoms with Crippen molar-refractivity contribution in [3.8, 4) is 5.75 Å². The molecule has 0 saturated carbocycles. The molecule has 0 aliphatic rings. The highest BCUT2D eigenvalue weighted by molar-refractivity contribution is 5.94. The number of carbonyl (C=O) groups excluding carboxylic acids is 1. The second-order valence-corrected chi connectivity index (χ2v) is 13.1. The summed E-state index contributed by atoms with van der Waals surface area (Å²) >= 11 is 0. The summed E-state index contributed by atoms with van der Waals surface area (Å²) in [5, 5.41) is 14.5. The van der Waals surface area contributed by atoms with Crippen molar-refractivity contribution >= 4 is 23.0 Å². The minimum absolute atomic E-state index is 0.112. The third kappa shape index (κ3) is 7.65. The van der Waals surface area contributed by atoms with Crippen LogP contribution in [-0.4, -0.2) is 17.1 Å². The quantitative estimate of drug-likeness (QED) is 0.291. The van der Waals surface area contributed by atoms with E-state index in [1.54, 1.807) is 0 Å². The number of rotatable bonds is 9. The number of carbonyl (C=O) groups is 1. The lowest BCUT2D eigenvalue weighted by Gasteiger charge is -2.34. The Balaban J connectivity index is 1.89. The summed E-state index contributed by atoms with van der Waals surface area (Å²) in [5.41, 5.74) is 5.52. The predicted octanol–water partition coefficient (Wildman–Crippen LogP) is 9.13. The van der Waals surface area contributed by atoms with Crippen molar-refractivity contribution in [3.63, 3.8) is 0 Å². The predicted molar refractivity (Wildman–Crippen MR) is 166 cm³/mol. The van der Waals surface area contributed by atoms with E-state index in [9.17, 15) is 9.90 Å². The van der Waals surface area contributed by atoms with Gasteiger partial charge in [-0.25, -0.2) is 0 Å². The number of hydrogen-bond donors (Lipinski definition) is 2. The molecule has 1 amide bonds. The van der Waals surface area contributed by atoms with Gasteiger partial charge in [0.1, 0.15) is 5.75 Å². The third-order valence-electron chi connectivity index (χ3n) is 7.41. The molecule has 210 valence electrons. The maximum absolute atomic E-state index is 13.9. The largest absolute Gasteiger partial charge is 0.507 e. The SMILES string of the molecule is CCC(C(C)C)N(C(=O)CCc1cc(C(C)(C)C)c(O)c(C(C)(C)C)c1)c1ccc(Nc2ccccc2)cc1. The molecule has 1 atom stereocenters. The molecule has 3 rings (SSSR count). The number of nitrogens with one attached hydrogen (secondary N) is 1. The topological polar surface area (TPSA) is 52.6 Å². The maximum atomic E-state index is 13.9. The first-order valence-corrected chi connectivity index (χ1v) is 14.3. The van der Waals surface area contributed by atoms with Crippen molar-refractivity contribution in [2.75, 3.05) is 10.2 Å². The van der Waals surface area contributed by atoms with Gasteiger partial charge in [-0.3, -0.25) is 4.79 Å². The average molecular weight is 529 g/mol. The second-order valence-electron chi connectivity index (χ2n) is 13.1. The van der Waals surface area contributed by atoms with Crippen LogP contribution >= 0.6 is 0 Å². The van der Waals surface area contributed by atoms with Gasteiger partial charge in [-0.1, -0.05) is 92.6 Å². The van der Waals surface area contributed by atoms with Crippen LogP contribution in [0.3, 0.4) is 0 Å². The Labute approximate surface area is 236 Å². The molecule has 1 unspecified atom stereocenters. The highest BCUT2D eigenvalue weighted by atomic mass is 16.3. The minimum atomic E-state index is -0.198. The standard InChI is InChI=1S/C35H48N2O2/c1-10-31(24(2)3)37(28-19-17-27(18-20-28)36-26-14-12-11-13-15-26)32(38)21-16-25-22-29(34(4,5)6)33(39)30(23-25)35(7,8)9/h11-15,17-20,22-24,31,36,39H,10,16,21H2,1-9H3. The van der Waals surface area contributed by atoms with E-state index in [-0.39, 0.29) is 22.8 Å². The zero-order valence-electron chi connectivity index (χ0n) is 25.4. The van der Waals surface area contributed by atoms with Crippen molar-refractivity contribution in [2.24, 2.45) is 5.92 Å². The summed E-state index contributed by atoms with van der Waals surface area (Å²) in [5.74, 6) is 0.832. The molecule has 0 radical (unpaired) electrons. The van der Waals surface area contributed by atoms with Gasteiger partial charge < -0.3 is 15.3 Å². The first-order chi connectivity index (χ1) is 18.2. The summed E-state index contributed by atoms with van der Waals surface area (Å²) in [7, 11) is 0. The number of para-hydroxylation sites is 1. The normalized spacial score (nSPS) is 12.9. The van der Waals surface area contributed by atoms with E-state index in [1.807, 2.05) is 59.5 Å². The highest BCUT2D eigenvalue weighted by Crippen LogP contribution is 2.40. The van der Waals surface area contributed by atoms with Crippen molar-refractivity contribution in [2.45, 2.75) is 98.4 Å². The summed E-state index contributed by atoms with van der Waals surface area (Å²) in [6.45, 7) is 19.3. The van der Waals surface area contributed by atoms with Crippen LogP contribution in [0.5, 0.6) is 5.75 Å². The summed E-state index contributed by atoms with van der Waals surface area (Å²) in [4.78, 5) is 15.9. The zero-order valence-corrected chi connectivity index (χ0v) is 25.4. The average Bonchev–Trinajstić information content (AvgIpc) is 2.86. The van der Waals surface area contributed by atoms with Gasteiger partial charge >= 0.3 is 0 Å². The van der Waals surface area contributed by atoms with Crippen LogP contribution in [0.4, 0.5) is 17.1 Å². The maximum Gasteiger partial charge on any atom is 0.227 e. The molecule has 0 fully saturated rings. The van der Waals surface area contributed by atoms with E-state index >= 15 is 0 Å². The molecule has 0 heterocycles. The summed E-state index contributed by atoms with van der Waals surface area (Å²) in [6.07, 6.45) is 1.92. The molecule has 4 nitrogen and oxygen atoms in total. The van der Waals surface area contributed by atoms with Crippen molar-refractivity contribution in [1.29, 1.82) is 0 Å². The van der Waals surface area contributed by atoms with E-state index in [1.165, 1.54) is 0 Å². The fraction of sp³-hybridized carbons (Fsp3) is 0.457. The van der Waals surface area contributed by atoms with E-state index in [0.29, 0.717) is 24.5 Å². The monoisotopic (exact) mass is 528 g/mol. The lowest BCUT2D eigenvalue weighted by Crippen LogP contribution is -2.43. The molecule has 39 heavy (non-hydrogen) atoms. The van der Waals surface area contributed by atoms with Gasteiger partial charge in [0.25, 0.3) is 0 Å². The van der Waals surface area contributed by atoms with E-state index in [0.717, 1.165) is 40.2 Å². The Morgan fingerprint density at radius 2 is 1.36 bits per heavy atom. The fourth-order valence-corrected chi connectivity index (χ4v) is 5.22. The number of hydrogen-bond acceptors (Lipinski definition) is 3. The minimum Gasteiger partial charge on any atom is -0.507 e. The van der Waals surface area contributed by atoms with Gasteiger partial charge in [-0.2, -0.15) is 0 Å². The van der Waals surface area contributed by atoms with E-state index in [4.69, 9.17) is 0 Å². The van der Waals surface area contributed by atoms with Crippen LogP contribution in [0, 0.1) is 5.92 Å². The van der Waals surface area contributed by atoms with Gasteiger partial charge in [0, 0.05) is 29.5 Å². The first-order valence-electron chi connectivity index (χ1n) is 14.3. The van der Waals surface area contributed by atoms with Crippen LogP contribution in [0.1, 0.15) is 91.8 Å². The number of benzene rings is 3. The van der Waals surface area contributed by atoms with E-state index < -0.39 is 0 Å². The Morgan fingerprint density at radius 3 is 1.82 bits per heavy atom. The molecule has 0 bridgehead atoms. The number of anilines is 3. The number of phenolic OH excluding ortho intramolecular Hbond substituents is 1. The lowest BCUT2D eigenvalue weighted by atomic mass is 9.78. The van der Waals surface area contributed by atoms with Gasteiger partial charge in [0.05, 0.1) is 0 Å². The third-order valence-corrected chi connectivity index (χ3v) is 7.41. The van der Waals surface area contributed by atoms with Crippen LogP contribution in [0.2, 0.25) is 0 Å². The number of aryl methyl sites for hydroxylation is 1. The Morgan fingerprint density at radius 1 is 0.846 bits per heavy atom. The van der Waals surface area contributed by atoms with E-state index in [2.05, 4.69) is 79.8 Å². The van der Waals surface area contributed by atoms with Gasteiger partial charge in [-0.15, -0.1) is 0 Å². The molecule has 0 aromatic heterocycles. The van der Waals surface area contributed by atoms with Crippen molar-refractivity contribution in [1.82, 2.24) is 0 Å². The number of phenols is 1. The summed E-state index contributed by atoms with van der Waals surface area (Å²) in [6, 6.07) is 22.6. The van der Waals surface area contributed by atoms with Crippen LogP contribution in [0.25, 0.3) is 0 Å². The zero-order chi connectivity index (χ0) is 29.0. The Kier molecular flexibility index (Phi) is 9.53. The van der Waals surface area contributed by atoms with Crippen molar-refractivity contribution < 1.29 is 9.90 Å². The second kappa shape index (κ2) is 12.3. The smallest absolute Gasteiger partial charge is 0.227 e. The summed E-state index contributed by atoms with van der Waals surface area (Å²) < 4.78 is 0. The molecular formula is C35H48N2O2. The fourth-order valence-electron chi connectivity index (χ4n) is 5.22. The Hall–Kier alpha value is -3.27. The molecule has 0 aliphatic heterocycles. The van der Waals surface area contributed by atoms with Crippen molar-refractivity contribution in [3.05, 3.63) is 83.4 Å². The molecule has 4 heteroatoms. The molecule has 0 saturated heterocycles. The molecule has 2 N–H and O–H groups in total. The number of nitrogens with zero attached hydrogens (tertiary/aromatic N) is 1. The highest BCUT2D eigenvalue weighted by Gasteiger charge is 2.29. The molecule has 3 aromatic rings. The molecule has 3 aromatic carbocycles. The number of amides is 1. The molecule has 0 spiro atoms.